The number of nitrogens with zero attached hydrogens (tertiary/aromatic N) is 4. The van der Waals surface area contributed by atoms with Crippen molar-refractivity contribution in [3.05, 3.63) is 23.8 Å². The number of allylic oxidation sites excluding steroid dienone is 1. The van der Waals surface area contributed by atoms with E-state index in [1.807, 2.05) is 11.1 Å². The maximum Gasteiger partial charge on any atom is 0.182 e. The first-order valence-corrected chi connectivity index (χ1v) is 6.07. The minimum atomic E-state index is 0.634. The van der Waals surface area contributed by atoms with E-state index in [1.165, 1.54) is 6.33 Å². The van der Waals surface area contributed by atoms with Gasteiger partial charge in [0.2, 0.25) is 0 Å². The van der Waals surface area contributed by atoms with E-state index in [1.54, 1.807) is 18.1 Å². The van der Waals surface area contributed by atoms with Crippen LogP contribution in [0, 0.1) is 0 Å². The molecule has 1 N–H and O–H groups in total. The second kappa shape index (κ2) is 4.17. The van der Waals surface area contributed by atoms with E-state index in [2.05, 4.69) is 19.9 Å². The Bertz CT molecular complexity index is 593. The number of aromatic nitrogens is 4. The molecule has 7 heteroatoms. The van der Waals surface area contributed by atoms with Crippen LogP contribution in [0.1, 0.15) is 0 Å². The molecule has 0 bridgehead atoms. The maximum absolute atomic E-state index is 10.8. The van der Waals surface area contributed by atoms with Crippen LogP contribution in [0.25, 0.3) is 11.2 Å². The topological polar surface area (TPSA) is 74.8 Å². The number of aldehydes is 1. The summed E-state index contributed by atoms with van der Waals surface area (Å²) in [7, 11) is 0. The highest BCUT2D eigenvalue weighted by molar-refractivity contribution is 8.03. The SMILES string of the molecule is O=CC1=CN(c2ncnc3nc[nH]c23)CCS1. The molecule has 0 saturated heterocycles. The molecule has 2 aromatic rings. The van der Waals surface area contributed by atoms with Gasteiger partial charge in [-0.25, -0.2) is 15.0 Å². The molecule has 3 rings (SSSR count). The molecule has 0 amide bonds. The molecular formula is C10H9N5OS. The number of H-pyrrole nitrogens is 1. The first-order chi connectivity index (χ1) is 8.38. The maximum atomic E-state index is 10.8. The number of hydrogen-bond donors (Lipinski definition) is 1. The van der Waals surface area contributed by atoms with E-state index in [9.17, 15) is 4.79 Å². The number of nitrogens with one attached hydrogen (secondary N) is 1. The molecule has 0 radical (unpaired) electrons. The Labute approximate surface area is 101 Å². The highest BCUT2D eigenvalue weighted by Crippen LogP contribution is 2.26. The lowest BCUT2D eigenvalue weighted by Gasteiger charge is -2.23. The van der Waals surface area contributed by atoms with E-state index in [4.69, 9.17) is 0 Å². The average Bonchev–Trinajstić information content (AvgIpc) is 2.87. The standard InChI is InChI=1S/C10H9N5OS/c16-4-7-3-15(1-2-17-7)10-8-9(12-5-11-8)13-6-14-10/h3-6H,1-2H2,(H,11,12,13,14). The van der Waals surface area contributed by atoms with E-state index in [0.717, 1.165) is 29.9 Å². The van der Waals surface area contributed by atoms with Crippen molar-refractivity contribution in [3.63, 3.8) is 0 Å². The van der Waals surface area contributed by atoms with Crippen molar-refractivity contribution in [1.82, 2.24) is 19.9 Å². The third-order valence-electron chi connectivity index (χ3n) is 2.48. The molecule has 6 nitrogen and oxygen atoms in total. The van der Waals surface area contributed by atoms with Gasteiger partial charge in [-0.15, -0.1) is 11.8 Å². The number of hydrogen-bond acceptors (Lipinski definition) is 6. The summed E-state index contributed by atoms with van der Waals surface area (Å²) in [5.74, 6) is 1.62. The molecule has 1 aliphatic rings. The lowest BCUT2D eigenvalue weighted by Crippen LogP contribution is -2.24. The number of fused-ring (bicyclic) bond motifs is 1. The fourth-order valence-electron chi connectivity index (χ4n) is 1.72. The van der Waals surface area contributed by atoms with E-state index in [0.29, 0.717) is 10.6 Å². The zero-order valence-corrected chi connectivity index (χ0v) is 9.65. The van der Waals surface area contributed by atoms with Crippen molar-refractivity contribution in [2.45, 2.75) is 0 Å². The van der Waals surface area contributed by atoms with Gasteiger partial charge >= 0.3 is 0 Å². The van der Waals surface area contributed by atoms with Crippen molar-refractivity contribution in [1.29, 1.82) is 0 Å². The lowest BCUT2D eigenvalue weighted by molar-refractivity contribution is -0.104. The molecule has 86 valence electrons. The van der Waals surface area contributed by atoms with Crippen molar-refractivity contribution < 1.29 is 4.79 Å². The molecule has 0 aromatic carbocycles. The predicted molar refractivity (Wildman–Crippen MR) is 65.6 cm³/mol. The molecule has 0 spiro atoms. The second-order valence-electron chi connectivity index (χ2n) is 3.49. The predicted octanol–water partition coefficient (Wildman–Crippen LogP) is 0.946. The minimum absolute atomic E-state index is 0.634. The molecule has 0 fully saturated rings. The van der Waals surface area contributed by atoms with Crippen LogP contribution in [0.3, 0.4) is 0 Å². The molecular weight excluding hydrogens is 238 g/mol. The molecule has 0 atom stereocenters. The molecule has 0 aliphatic carbocycles. The van der Waals surface area contributed by atoms with Gasteiger partial charge < -0.3 is 9.88 Å². The van der Waals surface area contributed by atoms with Gasteiger partial charge in [-0.2, -0.15) is 0 Å². The van der Waals surface area contributed by atoms with Crippen LogP contribution < -0.4 is 4.90 Å². The molecule has 2 aromatic heterocycles. The molecule has 17 heavy (non-hydrogen) atoms. The summed E-state index contributed by atoms with van der Waals surface area (Å²) in [5.41, 5.74) is 1.43. The minimum Gasteiger partial charge on any atom is -0.340 e. The van der Waals surface area contributed by atoms with E-state index >= 15 is 0 Å². The number of rotatable bonds is 2. The summed E-state index contributed by atoms with van der Waals surface area (Å²) in [6.07, 6.45) is 5.74. The van der Waals surface area contributed by atoms with Gasteiger partial charge in [-0.1, -0.05) is 0 Å². The van der Waals surface area contributed by atoms with Crippen LogP contribution in [0.4, 0.5) is 5.82 Å². The smallest absolute Gasteiger partial charge is 0.182 e. The van der Waals surface area contributed by atoms with Crippen molar-refractivity contribution in [3.8, 4) is 0 Å². The first-order valence-electron chi connectivity index (χ1n) is 5.09. The zero-order chi connectivity index (χ0) is 11.7. The van der Waals surface area contributed by atoms with Gasteiger partial charge in [-0.3, -0.25) is 4.79 Å². The van der Waals surface area contributed by atoms with Gasteiger partial charge in [0.25, 0.3) is 0 Å². The molecule has 3 heterocycles. The van der Waals surface area contributed by atoms with E-state index < -0.39 is 0 Å². The van der Waals surface area contributed by atoms with Gasteiger partial charge in [0, 0.05) is 18.5 Å². The fraction of sp³-hybridized carbons (Fsp3) is 0.200. The van der Waals surface area contributed by atoms with Gasteiger partial charge in [0.15, 0.2) is 17.8 Å². The number of imidazole rings is 1. The van der Waals surface area contributed by atoms with Crippen LogP contribution in [-0.2, 0) is 4.79 Å². The number of carbonyl (C=O) groups is 1. The summed E-state index contributed by atoms with van der Waals surface area (Å²) in [6, 6.07) is 0. The Hall–Kier alpha value is -1.89. The number of thioether (sulfide) groups is 1. The van der Waals surface area contributed by atoms with Gasteiger partial charge in [-0.05, 0) is 0 Å². The van der Waals surface area contributed by atoms with Gasteiger partial charge in [0.05, 0.1) is 11.2 Å². The quantitative estimate of drug-likeness (QED) is 0.796. The summed E-state index contributed by atoms with van der Waals surface area (Å²) in [6.45, 7) is 0.813. The Kier molecular flexibility index (Phi) is 2.52. The van der Waals surface area contributed by atoms with Crippen molar-refractivity contribution in [2.24, 2.45) is 0 Å². The lowest BCUT2D eigenvalue weighted by atomic mass is 10.4. The average molecular weight is 247 g/mol. The second-order valence-corrected chi connectivity index (χ2v) is 4.66. The third-order valence-corrected chi connectivity index (χ3v) is 3.40. The van der Waals surface area contributed by atoms with Crippen LogP contribution >= 0.6 is 11.8 Å². The van der Waals surface area contributed by atoms with Crippen LogP contribution in [0.2, 0.25) is 0 Å². The third kappa shape index (κ3) is 1.78. The van der Waals surface area contributed by atoms with Crippen LogP contribution in [0.5, 0.6) is 0 Å². The largest absolute Gasteiger partial charge is 0.340 e. The molecule has 0 saturated carbocycles. The Morgan fingerprint density at radius 1 is 1.41 bits per heavy atom. The zero-order valence-electron chi connectivity index (χ0n) is 8.83. The summed E-state index contributed by atoms with van der Waals surface area (Å²) >= 11 is 1.55. The summed E-state index contributed by atoms with van der Waals surface area (Å²) < 4.78 is 0. The van der Waals surface area contributed by atoms with Crippen LogP contribution in [0.15, 0.2) is 23.8 Å². The normalized spacial score (nSPS) is 16.0. The monoisotopic (exact) mass is 247 g/mol. The Morgan fingerprint density at radius 2 is 2.35 bits per heavy atom. The summed E-state index contributed by atoms with van der Waals surface area (Å²) in [5, 5.41) is 0. The number of carbonyl (C=O) groups excluding carboxylic acids is 1. The van der Waals surface area contributed by atoms with E-state index in [-0.39, 0.29) is 0 Å². The Balaban J connectivity index is 2.09. The fourth-order valence-corrected chi connectivity index (χ4v) is 2.51. The molecule has 0 unspecified atom stereocenters. The van der Waals surface area contributed by atoms with Crippen molar-refractivity contribution in [2.75, 3.05) is 17.2 Å². The first kappa shape index (κ1) is 10.3. The van der Waals surface area contributed by atoms with Crippen LogP contribution in [-0.4, -0.2) is 38.5 Å². The number of aromatic amines is 1. The van der Waals surface area contributed by atoms with Crippen molar-refractivity contribution >= 4 is 35.0 Å². The number of anilines is 1. The highest BCUT2D eigenvalue weighted by Gasteiger charge is 2.16. The molecule has 1 aliphatic heterocycles. The Morgan fingerprint density at radius 3 is 3.24 bits per heavy atom. The van der Waals surface area contributed by atoms with Gasteiger partial charge in [0.1, 0.15) is 11.8 Å². The highest BCUT2D eigenvalue weighted by atomic mass is 32.2. The summed E-state index contributed by atoms with van der Waals surface area (Å²) in [4.78, 5) is 28.8.